The molecule has 0 amide bonds. The summed E-state index contributed by atoms with van der Waals surface area (Å²) in [6, 6.07) is 1.06. The molecular formula is C22H41IN4O2. The number of hydrogen-bond acceptors (Lipinski definition) is 4. The van der Waals surface area contributed by atoms with Crippen LogP contribution in [-0.2, 0) is 9.47 Å². The van der Waals surface area contributed by atoms with Crippen molar-refractivity contribution in [2.45, 2.75) is 77.0 Å². The molecule has 6 nitrogen and oxygen atoms in total. The number of rotatable bonds is 7. The third-order valence-corrected chi connectivity index (χ3v) is 7.53. The molecule has 2 saturated carbocycles. The summed E-state index contributed by atoms with van der Waals surface area (Å²) in [6.45, 7) is 11.4. The summed E-state index contributed by atoms with van der Waals surface area (Å²) in [5, 5.41) is 7.53. The van der Waals surface area contributed by atoms with Crippen molar-refractivity contribution in [1.82, 2.24) is 15.5 Å². The summed E-state index contributed by atoms with van der Waals surface area (Å²) in [5.41, 5.74) is 0.374. The van der Waals surface area contributed by atoms with Crippen molar-refractivity contribution >= 4 is 29.9 Å². The summed E-state index contributed by atoms with van der Waals surface area (Å²) in [7, 11) is 0. The molecule has 4 fully saturated rings. The van der Waals surface area contributed by atoms with Crippen LogP contribution in [0.1, 0.15) is 58.8 Å². The van der Waals surface area contributed by atoms with Crippen molar-refractivity contribution in [2.24, 2.45) is 16.3 Å². The lowest BCUT2D eigenvalue weighted by molar-refractivity contribution is -0.168. The Kier molecular flexibility index (Phi) is 8.89. The molecule has 0 aromatic carbocycles. The second-order valence-electron chi connectivity index (χ2n) is 9.24. The van der Waals surface area contributed by atoms with E-state index in [2.05, 4.69) is 29.4 Å². The molecule has 3 unspecified atom stereocenters. The normalized spacial score (nSPS) is 32.3. The van der Waals surface area contributed by atoms with E-state index in [0.29, 0.717) is 23.6 Å². The molecule has 4 aliphatic rings. The van der Waals surface area contributed by atoms with E-state index in [9.17, 15) is 0 Å². The summed E-state index contributed by atoms with van der Waals surface area (Å²) in [5.74, 6) is 1.77. The van der Waals surface area contributed by atoms with Gasteiger partial charge in [0.25, 0.3) is 0 Å². The molecule has 0 aromatic heterocycles. The van der Waals surface area contributed by atoms with Gasteiger partial charge in [0.05, 0.1) is 12.7 Å². The summed E-state index contributed by atoms with van der Waals surface area (Å²) in [4.78, 5) is 7.39. The topological polar surface area (TPSA) is 58.1 Å². The molecular weight excluding hydrogens is 479 g/mol. The average Bonchev–Trinajstić information content (AvgIpc) is 3.14. The van der Waals surface area contributed by atoms with Gasteiger partial charge in [0.15, 0.2) is 5.96 Å². The third kappa shape index (κ3) is 5.39. The van der Waals surface area contributed by atoms with Gasteiger partial charge in [0.1, 0.15) is 0 Å². The Morgan fingerprint density at radius 2 is 1.97 bits per heavy atom. The zero-order valence-electron chi connectivity index (χ0n) is 18.3. The van der Waals surface area contributed by atoms with E-state index in [1.807, 2.05) is 0 Å². The van der Waals surface area contributed by atoms with Crippen LogP contribution in [0, 0.1) is 11.3 Å². The van der Waals surface area contributed by atoms with Crippen LogP contribution in [0.5, 0.6) is 0 Å². The minimum Gasteiger partial charge on any atom is -0.381 e. The van der Waals surface area contributed by atoms with Crippen LogP contribution >= 0.6 is 24.0 Å². The zero-order chi connectivity index (χ0) is 19.4. The summed E-state index contributed by atoms with van der Waals surface area (Å²) < 4.78 is 11.5. The number of guanidine groups is 1. The van der Waals surface area contributed by atoms with Gasteiger partial charge in [-0.1, -0.05) is 6.42 Å². The molecule has 1 spiro atoms. The van der Waals surface area contributed by atoms with Crippen LogP contribution in [0.2, 0.25) is 0 Å². The highest BCUT2D eigenvalue weighted by Crippen LogP contribution is 2.57. The lowest BCUT2D eigenvalue weighted by Gasteiger charge is -2.61. The Morgan fingerprint density at radius 3 is 2.55 bits per heavy atom. The van der Waals surface area contributed by atoms with E-state index in [-0.39, 0.29) is 24.0 Å². The largest absolute Gasteiger partial charge is 0.381 e. The highest BCUT2D eigenvalue weighted by atomic mass is 127. The number of aliphatic imine (C=N–C) groups is 1. The van der Waals surface area contributed by atoms with Crippen molar-refractivity contribution < 1.29 is 9.47 Å². The molecule has 2 aliphatic carbocycles. The van der Waals surface area contributed by atoms with Gasteiger partial charge in [-0.3, -0.25) is 4.99 Å². The van der Waals surface area contributed by atoms with Crippen molar-refractivity contribution in [3.8, 4) is 0 Å². The van der Waals surface area contributed by atoms with Crippen LogP contribution in [0.4, 0.5) is 0 Å². The second kappa shape index (κ2) is 11.0. The number of nitrogens with zero attached hydrogens (tertiary/aromatic N) is 2. The van der Waals surface area contributed by atoms with Gasteiger partial charge in [-0.25, -0.2) is 0 Å². The van der Waals surface area contributed by atoms with Crippen LogP contribution in [0.3, 0.4) is 0 Å². The smallest absolute Gasteiger partial charge is 0.191 e. The van der Waals surface area contributed by atoms with E-state index < -0.39 is 0 Å². The highest BCUT2D eigenvalue weighted by molar-refractivity contribution is 14.0. The van der Waals surface area contributed by atoms with Gasteiger partial charge in [-0.15, -0.1) is 24.0 Å². The molecule has 7 heteroatoms. The number of piperidine rings is 1. The van der Waals surface area contributed by atoms with Gasteiger partial charge in [-0.05, 0) is 58.3 Å². The Bertz CT molecular complexity index is 529. The standard InChI is InChI=1S/C22H40N4O2.HI/c1-3-23-21(25-19-14-20(28-4-2)22(19)9-5-10-22)24-18-6-11-26(12-7-18)15-17-8-13-27-16-17;/h17-20H,3-16H2,1-2H3,(H2,23,24,25);1H. The molecule has 2 saturated heterocycles. The Balaban J connectivity index is 0.00000240. The first kappa shape index (κ1) is 23.5. The fourth-order valence-electron chi connectivity index (χ4n) is 5.64. The highest BCUT2D eigenvalue weighted by Gasteiger charge is 2.59. The van der Waals surface area contributed by atoms with Gasteiger partial charge >= 0.3 is 0 Å². The average molecular weight is 521 g/mol. The Labute approximate surface area is 194 Å². The van der Waals surface area contributed by atoms with Gasteiger partial charge in [0, 0.05) is 56.9 Å². The lowest BCUT2D eigenvalue weighted by Crippen LogP contribution is -2.69. The van der Waals surface area contributed by atoms with Crippen LogP contribution < -0.4 is 10.6 Å². The molecule has 4 rings (SSSR count). The summed E-state index contributed by atoms with van der Waals surface area (Å²) >= 11 is 0. The fourth-order valence-corrected chi connectivity index (χ4v) is 5.64. The molecule has 0 aromatic rings. The van der Waals surface area contributed by atoms with Crippen molar-refractivity contribution in [3.63, 3.8) is 0 Å². The van der Waals surface area contributed by atoms with Gasteiger partial charge in [0.2, 0.25) is 0 Å². The quantitative estimate of drug-likeness (QED) is 0.307. The number of likely N-dealkylation sites (tertiary alicyclic amines) is 1. The minimum absolute atomic E-state index is 0. The van der Waals surface area contributed by atoms with Crippen LogP contribution in [0.25, 0.3) is 0 Å². The third-order valence-electron chi connectivity index (χ3n) is 7.53. The first-order chi connectivity index (χ1) is 13.7. The molecule has 2 N–H and O–H groups in total. The van der Waals surface area contributed by atoms with E-state index in [0.717, 1.165) is 44.7 Å². The molecule has 168 valence electrons. The Hall–Kier alpha value is -0.120. The van der Waals surface area contributed by atoms with E-state index in [4.69, 9.17) is 14.5 Å². The van der Waals surface area contributed by atoms with Gasteiger partial charge in [-0.2, -0.15) is 0 Å². The molecule has 0 bridgehead atoms. The number of halogens is 1. The monoisotopic (exact) mass is 520 g/mol. The van der Waals surface area contributed by atoms with Crippen molar-refractivity contribution in [3.05, 3.63) is 0 Å². The zero-order valence-corrected chi connectivity index (χ0v) is 20.7. The van der Waals surface area contributed by atoms with E-state index in [1.165, 1.54) is 58.2 Å². The van der Waals surface area contributed by atoms with E-state index in [1.54, 1.807) is 0 Å². The van der Waals surface area contributed by atoms with Crippen molar-refractivity contribution in [2.75, 3.05) is 46.0 Å². The number of hydrogen-bond donors (Lipinski definition) is 2. The maximum atomic E-state index is 6.01. The molecule has 29 heavy (non-hydrogen) atoms. The van der Waals surface area contributed by atoms with Crippen LogP contribution in [0.15, 0.2) is 4.99 Å². The molecule has 2 aliphatic heterocycles. The Morgan fingerprint density at radius 1 is 1.17 bits per heavy atom. The van der Waals surface area contributed by atoms with E-state index >= 15 is 0 Å². The fraction of sp³-hybridized carbons (Fsp3) is 0.955. The van der Waals surface area contributed by atoms with Crippen LogP contribution in [-0.4, -0.2) is 75.0 Å². The summed E-state index contributed by atoms with van der Waals surface area (Å²) in [6.07, 6.45) is 9.18. The minimum atomic E-state index is 0. The molecule has 2 heterocycles. The predicted molar refractivity (Wildman–Crippen MR) is 128 cm³/mol. The second-order valence-corrected chi connectivity index (χ2v) is 9.24. The maximum Gasteiger partial charge on any atom is 0.191 e. The van der Waals surface area contributed by atoms with Crippen molar-refractivity contribution in [1.29, 1.82) is 0 Å². The molecule has 0 radical (unpaired) electrons. The number of ether oxygens (including phenoxy) is 2. The molecule has 3 atom stereocenters. The number of nitrogens with one attached hydrogen (secondary N) is 2. The lowest BCUT2D eigenvalue weighted by atomic mass is 9.51. The maximum absolute atomic E-state index is 6.01. The first-order valence-electron chi connectivity index (χ1n) is 11.7. The predicted octanol–water partition coefficient (Wildman–Crippen LogP) is 3.01. The van der Waals surface area contributed by atoms with Gasteiger partial charge < -0.3 is 25.0 Å². The first-order valence-corrected chi connectivity index (χ1v) is 11.7. The SMILES string of the molecule is CCN=C(NC1CCN(CC2CCOC2)CC1)NC1CC(OCC)C12CCC2.I.